The zero-order chi connectivity index (χ0) is 20.2. The van der Waals surface area contributed by atoms with Crippen LogP contribution < -0.4 is 10.1 Å². The van der Waals surface area contributed by atoms with Gasteiger partial charge in [-0.25, -0.2) is 9.18 Å². The summed E-state index contributed by atoms with van der Waals surface area (Å²) >= 11 is 0. The van der Waals surface area contributed by atoms with Gasteiger partial charge in [0.25, 0.3) is 0 Å². The molecule has 1 aromatic rings. The van der Waals surface area contributed by atoms with Crippen LogP contribution in [0.2, 0.25) is 0 Å². The number of benzene rings is 1. The zero-order valence-corrected chi connectivity index (χ0v) is 15.5. The van der Waals surface area contributed by atoms with Crippen molar-refractivity contribution in [1.82, 2.24) is 10.2 Å². The van der Waals surface area contributed by atoms with Crippen LogP contribution in [0.4, 0.5) is 19.3 Å². The highest BCUT2D eigenvalue weighted by molar-refractivity contribution is 5.68. The van der Waals surface area contributed by atoms with E-state index in [9.17, 15) is 23.7 Å². The van der Waals surface area contributed by atoms with Gasteiger partial charge < -0.3 is 19.7 Å². The second kappa shape index (κ2) is 8.47. The predicted octanol–water partition coefficient (Wildman–Crippen LogP) is 2.85. The van der Waals surface area contributed by atoms with Crippen molar-refractivity contribution in [3.05, 3.63) is 33.9 Å². The Morgan fingerprint density at radius 2 is 2.07 bits per heavy atom. The van der Waals surface area contributed by atoms with E-state index >= 15 is 0 Å². The average Bonchev–Trinajstić information content (AvgIpc) is 2.55. The van der Waals surface area contributed by atoms with Crippen LogP contribution in [-0.2, 0) is 4.74 Å². The lowest BCUT2D eigenvalue weighted by Crippen LogP contribution is -2.53. The van der Waals surface area contributed by atoms with E-state index in [1.807, 2.05) is 0 Å². The molecular weight excluding hydrogens is 364 g/mol. The van der Waals surface area contributed by atoms with Crippen LogP contribution >= 0.6 is 0 Å². The Hall–Kier alpha value is -2.49. The highest BCUT2D eigenvalue weighted by atomic mass is 19.1. The lowest BCUT2D eigenvalue weighted by Gasteiger charge is -2.34. The third kappa shape index (κ3) is 6.02. The number of amides is 1. The van der Waals surface area contributed by atoms with Gasteiger partial charge in [-0.15, -0.1) is 0 Å². The van der Waals surface area contributed by atoms with E-state index in [1.54, 1.807) is 25.7 Å². The average molecular weight is 387 g/mol. The summed E-state index contributed by atoms with van der Waals surface area (Å²) in [6.07, 6.45) is 0.0133. The molecule has 2 rings (SSSR count). The Bertz CT molecular complexity index is 709. The van der Waals surface area contributed by atoms with Crippen LogP contribution in [0, 0.1) is 21.7 Å². The molecule has 1 saturated heterocycles. The summed E-state index contributed by atoms with van der Waals surface area (Å²) in [6.45, 7) is 6.87. The van der Waals surface area contributed by atoms with Crippen molar-refractivity contribution < 1.29 is 28.0 Å². The SMILES string of the molecule is CC(C)(C)OC(=O)N1CCN[C@@H](CCOc2cc([N+](=O)[O-])c(F)cc2F)C1. The topological polar surface area (TPSA) is 93.9 Å². The molecule has 150 valence electrons. The number of nitrogens with one attached hydrogen (secondary N) is 1. The Morgan fingerprint density at radius 3 is 2.70 bits per heavy atom. The molecule has 1 amide bonds. The summed E-state index contributed by atoms with van der Waals surface area (Å²) in [5.41, 5.74) is -1.44. The molecule has 0 saturated carbocycles. The van der Waals surface area contributed by atoms with Crippen molar-refractivity contribution in [2.45, 2.75) is 38.8 Å². The Balaban J connectivity index is 1.89. The summed E-state index contributed by atoms with van der Waals surface area (Å²) in [7, 11) is 0. The molecule has 1 heterocycles. The standard InChI is InChI=1S/C17H23F2N3O5/c1-17(2,3)27-16(23)21-6-5-20-11(10-21)4-7-26-15-9-14(22(24)25)12(18)8-13(15)19/h8-9,11,20H,4-7,10H2,1-3H3/t11-/m0/s1. The number of nitro groups is 1. The molecule has 0 aromatic heterocycles. The number of halogens is 2. The fourth-order valence-electron chi connectivity index (χ4n) is 2.59. The van der Waals surface area contributed by atoms with E-state index in [1.165, 1.54) is 0 Å². The predicted molar refractivity (Wildman–Crippen MR) is 92.7 cm³/mol. The van der Waals surface area contributed by atoms with E-state index < -0.39 is 33.9 Å². The molecule has 1 aliphatic heterocycles. The summed E-state index contributed by atoms with van der Waals surface area (Å²) in [4.78, 5) is 23.5. The molecule has 0 radical (unpaired) electrons. The number of carbonyl (C=O) groups excluding carboxylic acids is 1. The number of carbonyl (C=O) groups is 1. The largest absolute Gasteiger partial charge is 0.490 e. The highest BCUT2D eigenvalue weighted by Gasteiger charge is 2.27. The lowest BCUT2D eigenvalue weighted by atomic mass is 10.1. The van der Waals surface area contributed by atoms with Crippen molar-refractivity contribution in [2.24, 2.45) is 0 Å². The smallest absolute Gasteiger partial charge is 0.410 e. The summed E-state index contributed by atoms with van der Waals surface area (Å²) in [5.74, 6) is -2.65. The Labute approximate surface area is 155 Å². The molecule has 0 unspecified atom stereocenters. The van der Waals surface area contributed by atoms with Crippen LogP contribution in [0.5, 0.6) is 5.75 Å². The summed E-state index contributed by atoms with van der Waals surface area (Å²) < 4.78 is 37.6. The Morgan fingerprint density at radius 1 is 1.37 bits per heavy atom. The van der Waals surface area contributed by atoms with Crippen LogP contribution in [-0.4, -0.2) is 53.8 Å². The summed E-state index contributed by atoms with van der Waals surface area (Å²) in [6, 6.07) is 1.05. The van der Waals surface area contributed by atoms with Crippen LogP contribution in [0.15, 0.2) is 12.1 Å². The third-order valence-electron chi connectivity index (χ3n) is 3.83. The van der Waals surface area contributed by atoms with Gasteiger partial charge in [-0.05, 0) is 27.2 Å². The maximum absolute atomic E-state index is 13.7. The minimum absolute atomic E-state index is 0.0412. The van der Waals surface area contributed by atoms with Gasteiger partial charge in [0.15, 0.2) is 11.6 Å². The van der Waals surface area contributed by atoms with E-state index in [-0.39, 0.29) is 18.4 Å². The number of piperazine rings is 1. The van der Waals surface area contributed by atoms with Crippen LogP contribution in [0.3, 0.4) is 0 Å². The first-order chi connectivity index (χ1) is 12.6. The fourth-order valence-corrected chi connectivity index (χ4v) is 2.59. The van der Waals surface area contributed by atoms with Gasteiger partial charge in [0.1, 0.15) is 5.60 Å². The van der Waals surface area contributed by atoms with Gasteiger partial charge in [0.05, 0.1) is 17.6 Å². The maximum Gasteiger partial charge on any atom is 0.410 e. The first-order valence-corrected chi connectivity index (χ1v) is 8.54. The number of hydrogen-bond acceptors (Lipinski definition) is 6. The van der Waals surface area contributed by atoms with Gasteiger partial charge in [0.2, 0.25) is 5.82 Å². The van der Waals surface area contributed by atoms with Crippen molar-refractivity contribution in [1.29, 1.82) is 0 Å². The van der Waals surface area contributed by atoms with E-state index in [4.69, 9.17) is 9.47 Å². The molecule has 1 aliphatic rings. The molecular formula is C17H23F2N3O5. The molecule has 8 nitrogen and oxygen atoms in total. The maximum atomic E-state index is 13.7. The van der Waals surface area contributed by atoms with Crippen molar-refractivity contribution in [3.8, 4) is 5.75 Å². The minimum atomic E-state index is -1.26. The zero-order valence-electron chi connectivity index (χ0n) is 15.5. The normalized spacial score (nSPS) is 17.5. The van der Waals surface area contributed by atoms with Gasteiger partial charge >= 0.3 is 11.8 Å². The molecule has 1 N–H and O–H groups in total. The minimum Gasteiger partial charge on any atom is -0.490 e. The molecule has 1 fully saturated rings. The molecule has 0 spiro atoms. The van der Waals surface area contributed by atoms with E-state index in [0.29, 0.717) is 32.1 Å². The lowest BCUT2D eigenvalue weighted by molar-refractivity contribution is -0.387. The number of rotatable bonds is 5. The third-order valence-corrected chi connectivity index (χ3v) is 3.83. The van der Waals surface area contributed by atoms with Crippen LogP contribution in [0.25, 0.3) is 0 Å². The molecule has 0 bridgehead atoms. The van der Waals surface area contributed by atoms with Gasteiger partial charge in [-0.3, -0.25) is 10.1 Å². The van der Waals surface area contributed by atoms with Crippen molar-refractivity contribution in [3.63, 3.8) is 0 Å². The van der Waals surface area contributed by atoms with Crippen molar-refractivity contribution in [2.75, 3.05) is 26.2 Å². The first-order valence-electron chi connectivity index (χ1n) is 8.54. The summed E-state index contributed by atoms with van der Waals surface area (Å²) in [5, 5.41) is 13.9. The number of hydrogen-bond donors (Lipinski definition) is 1. The molecule has 0 aliphatic carbocycles. The number of ether oxygens (including phenoxy) is 2. The van der Waals surface area contributed by atoms with Crippen LogP contribution in [0.1, 0.15) is 27.2 Å². The molecule has 1 aromatic carbocycles. The second-order valence-corrected chi connectivity index (χ2v) is 7.21. The first kappa shape index (κ1) is 20.8. The van der Waals surface area contributed by atoms with Gasteiger partial charge in [-0.2, -0.15) is 4.39 Å². The monoisotopic (exact) mass is 387 g/mol. The highest BCUT2D eigenvalue weighted by Crippen LogP contribution is 2.27. The van der Waals surface area contributed by atoms with E-state index in [0.717, 1.165) is 6.07 Å². The van der Waals surface area contributed by atoms with E-state index in [2.05, 4.69) is 5.32 Å². The molecule has 27 heavy (non-hydrogen) atoms. The second-order valence-electron chi connectivity index (χ2n) is 7.21. The quantitative estimate of drug-likeness (QED) is 0.617. The Kier molecular flexibility index (Phi) is 6.53. The van der Waals surface area contributed by atoms with Crippen molar-refractivity contribution >= 4 is 11.8 Å². The van der Waals surface area contributed by atoms with Gasteiger partial charge in [-0.1, -0.05) is 0 Å². The number of nitro benzene ring substituents is 1. The molecule has 1 atom stereocenters. The molecule has 10 heteroatoms. The van der Waals surface area contributed by atoms with Gasteiger partial charge in [0, 0.05) is 31.7 Å². The fraction of sp³-hybridized carbons (Fsp3) is 0.588. The number of nitrogens with zero attached hydrogens (tertiary/aromatic N) is 2.